The predicted octanol–water partition coefficient (Wildman–Crippen LogP) is 2.78. The zero-order valence-electron chi connectivity index (χ0n) is 12.0. The van der Waals surface area contributed by atoms with E-state index in [0.717, 1.165) is 0 Å². The lowest BCUT2D eigenvalue weighted by Crippen LogP contribution is -2.15. The smallest absolute Gasteiger partial charge is 0.404 e. The fourth-order valence-electron chi connectivity index (χ4n) is 1.94. The topological polar surface area (TPSA) is 78.6 Å². The molecule has 0 aliphatic carbocycles. The number of amides is 1. The Morgan fingerprint density at radius 1 is 0.909 bits per heavy atom. The van der Waals surface area contributed by atoms with Gasteiger partial charge < -0.3 is 15.2 Å². The molecule has 0 bridgehead atoms. The van der Waals surface area contributed by atoms with Gasteiger partial charge in [0.05, 0.1) is 18.8 Å². The van der Waals surface area contributed by atoms with Crippen LogP contribution in [0.15, 0.2) is 54.6 Å². The van der Waals surface area contributed by atoms with Gasteiger partial charge in [-0.25, -0.2) is 4.79 Å². The Balaban J connectivity index is 2.01. The van der Waals surface area contributed by atoms with Crippen LogP contribution in [0.5, 0.6) is 5.75 Å². The number of carbonyl (C=O) groups excluding carboxylic acids is 2. The van der Waals surface area contributed by atoms with E-state index in [-0.39, 0.29) is 12.4 Å². The predicted molar refractivity (Wildman–Crippen MR) is 82.0 cm³/mol. The van der Waals surface area contributed by atoms with Crippen LogP contribution in [0.25, 0.3) is 0 Å². The van der Waals surface area contributed by atoms with Crippen molar-refractivity contribution in [3.05, 3.63) is 65.7 Å². The zero-order valence-corrected chi connectivity index (χ0v) is 12.0. The Bertz CT molecular complexity index is 640. The molecule has 0 aliphatic heterocycles. The van der Waals surface area contributed by atoms with Gasteiger partial charge in [-0.3, -0.25) is 4.79 Å². The van der Waals surface area contributed by atoms with Crippen molar-refractivity contribution in [2.24, 2.45) is 5.73 Å². The van der Waals surface area contributed by atoms with Crippen LogP contribution in [-0.4, -0.2) is 25.1 Å². The molecular formula is C17H17NO4. The average Bonchev–Trinajstić information content (AvgIpc) is 2.55. The largest absolute Gasteiger partial charge is 0.493 e. The highest BCUT2D eigenvalue weighted by Crippen LogP contribution is 2.21. The van der Waals surface area contributed by atoms with E-state index in [4.69, 9.17) is 10.5 Å². The maximum absolute atomic E-state index is 12.5. The summed E-state index contributed by atoms with van der Waals surface area (Å²) < 4.78 is 10.2. The Hall–Kier alpha value is -2.82. The number of para-hydroxylation sites is 1. The van der Waals surface area contributed by atoms with E-state index >= 15 is 0 Å². The molecule has 0 radical (unpaired) electrons. The third-order valence-electron chi connectivity index (χ3n) is 2.96. The van der Waals surface area contributed by atoms with Crippen molar-refractivity contribution < 1.29 is 19.1 Å². The Morgan fingerprint density at radius 2 is 1.59 bits per heavy atom. The Labute approximate surface area is 128 Å². The van der Waals surface area contributed by atoms with Gasteiger partial charge in [0, 0.05) is 12.0 Å². The van der Waals surface area contributed by atoms with Gasteiger partial charge in [0.1, 0.15) is 5.75 Å². The number of hydrogen-bond acceptors (Lipinski definition) is 4. The highest BCUT2D eigenvalue weighted by Gasteiger charge is 2.13. The second kappa shape index (κ2) is 7.83. The number of primary amides is 1. The fraction of sp³-hybridized carbons (Fsp3) is 0.176. The summed E-state index contributed by atoms with van der Waals surface area (Å²) in [7, 11) is 0. The van der Waals surface area contributed by atoms with Crippen molar-refractivity contribution in [2.75, 3.05) is 13.2 Å². The Kier molecular flexibility index (Phi) is 5.54. The molecule has 2 aromatic rings. The highest BCUT2D eigenvalue weighted by molar-refractivity contribution is 6.10. The van der Waals surface area contributed by atoms with Crippen LogP contribution in [-0.2, 0) is 4.74 Å². The van der Waals surface area contributed by atoms with Gasteiger partial charge in [0.25, 0.3) is 0 Å². The number of ketones is 1. The molecule has 0 unspecified atom stereocenters. The molecule has 5 nitrogen and oxygen atoms in total. The van der Waals surface area contributed by atoms with Crippen molar-refractivity contribution in [3.8, 4) is 5.75 Å². The minimum Gasteiger partial charge on any atom is -0.493 e. The lowest BCUT2D eigenvalue weighted by atomic mass is 10.0. The van der Waals surface area contributed by atoms with Gasteiger partial charge >= 0.3 is 6.09 Å². The molecule has 1 amide bonds. The number of carbonyl (C=O) groups is 2. The maximum Gasteiger partial charge on any atom is 0.404 e. The normalized spacial score (nSPS) is 10.0. The van der Waals surface area contributed by atoms with Crippen molar-refractivity contribution in [3.63, 3.8) is 0 Å². The number of benzene rings is 2. The number of ether oxygens (including phenoxy) is 2. The first-order valence-corrected chi connectivity index (χ1v) is 6.92. The zero-order chi connectivity index (χ0) is 15.8. The van der Waals surface area contributed by atoms with Crippen LogP contribution in [0.2, 0.25) is 0 Å². The number of nitrogens with two attached hydrogens (primary N) is 1. The molecule has 22 heavy (non-hydrogen) atoms. The molecule has 0 heterocycles. The van der Waals surface area contributed by atoms with E-state index in [1.807, 2.05) is 18.2 Å². The molecule has 0 saturated heterocycles. The van der Waals surface area contributed by atoms with E-state index in [1.165, 1.54) is 0 Å². The average molecular weight is 299 g/mol. The molecule has 0 atom stereocenters. The fourth-order valence-corrected chi connectivity index (χ4v) is 1.94. The third-order valence-corrected chi connectivity index (χ3v) is 2.96. The minimum absolute atomic E-state index is 0.0930. The molecule has 5 heteroatoms. The molecule has 0 spiro atoms. The molecule has 2 aromatic carbocycles. The molecule has 0 fully saturated rings. The molecular weight excluding hydrogens is 282 g/mol. The van der Waals surface area contributed by atoms with E-state index < -0.39 is 6.09 Å². The summed E-state index contributed by atoms with van der Waals surface area (Å²) in [4.78, 5) is 22.9. The second-order valence-corrected chi connectivity index (χ2v) is 4.56. The van der Waals surface area contributed by atoms with Crippen LogP contribution in [0, 0.1) is 0 Å². The number of hydrogen-bond donors (Lipinski definition) is 1. The van der Waals surface area contributed by atoms with Gasteiger partial charge in [0.2, 0.25) is 0 Å². The van der Waals surface area contributed by atoms with Crippen molar-refractivity contribution in [1.82, 2.24) is 0 Å². The Morgan fingerprint density at radius 3 is 2.32 bits per heavy atom. The first-order valence-electron chi connectivity index (χ1n) is 6.92. The van der Waals surface area contributed by atoms with Crippen molar-refractivity contribution >= 4 is 11.9 Å². The summed E-state index contributed by atoms with van der Waals surface area (Å²) >= 11 is 0. The molecule has 2 rings (SSSR count). The third kappa shape index (κ3) is 4.34. The lowest BCUT2D eigenvalue weighted by Gasteiger charge is -2.10. The van der Waals surface area contributed by atoms with E-state index in [0.29, 0.717) is 29.9 Å². The van der Waals surface area contributed by atoms with Crippen LogP contribution in [0.3, 0.4) is 0 Å². The monoisotopic (exact) mass is 299 g/mol. The van der Waals surface area contributed by atoms with E-state index in [1.54, 1.807) is 36.4 Å². The summed E-state index contributed by atoms with van der Waals surface area (Å²) in [5.74, 6) is 0.417. The summed E-state index contributed by atoms with van der Waals surface area (Å²) in [6.45, 7) is 0.510. The van der Waals surface area contributed by atoms with Crippen LogP contribution in [0.1, 0.15) is 22.3 Å². The van der Waals surface area contributed by atoms with Gasteiger partial charge in [0.15, 0.2) is 5.78 Å². The summed E-state index contributed by atoms with van der Waals surface area (Å²) in [6.07, 6.45) is -0.309. The van der Waals surface area contributed by atoms with Crippen molar-refractivity contribution in [1.29, 1.82) is 0 Å². The first kappa shape index (κ1) is 15.6. The standard InChI is InChI=1S/C17H17NO4/c18-17(20)22-12-6-11-21-15-10-5-4-9-14(15)16(19)13-7-2-1-3-8-13/h1-5,7-10H,6,11-12H2,(H2,18,20). The van der Waals surface area contributed by atoms with E-state index in [9.17, 15) is 9.59 Å². The molecule has 114 valence electrons. The van der Waals surface area contributed by atoms with Gasteiger partial charge in [-0.05, 0) is 12.1 Å². The maximum atomic E-state index is 12.5. The van der Waals surface area contributed by atoms with Gasteiger partial charge in [-0.2, -0.15) is 0 Å². The minimum atomic E-state index is -0.806. The lowest BCUT2D eigenvalue weighted by molar-refractivity contribution is 0.103. The van der Waals surface area contributed by atoms with Crippen LogP contribution < -0.4 is 10.5 Å². The molecule has 2 N–H and O–H groups in total. The number of rotatable bonds is 7. The van der Waals surface area contributed by atoms with Gasteiger partial charge in [-0.15, -0.1) is 0 Å². The van der Waals surface area contributed by atoms with E-state index in [2.05, 4.69) is 4.74 Å². The van der Waals surface area contributed by atoms with Crippen LogP contribution in [0.4, 0.5) is 4.79 Å². The molecule has 0 aliphatic rings. The highest BCUT2D eigenvalue weighted by atomic mass is 16.5. The summed E-state index contributed by atoms with van der Waals surface area (Å²) in [6, 6.07) is 16.1. The quantitative estimate of drug-likeness (QED) is 0.630. The van der Waals surface area contributed by atoms with Crippen LogP contribution >= 0.6 is 0 Å². The molecule has 0 aromatic heterocycles. The molecule has 0 saturated carbocycles. The SMILES string of the molecule is NC(=O)OCCCOc1ccccc1C(=O)c1ccccc1. The summed E-state index contributed by atoms with van der Waals surface area (Å²) in [5.41, 5.74) is 5.98. The van der Waals surface area contributed by atoms with Gasteiger partial charge in [-0.1, -0.05) is 42.5 Å². The summed E-state index contributed by atoms with van der Waals surface area (Å²) in [5, 5.41) is 0. The van der Waals surface area contributed by atoms with Crippen molar-refractivity contribution in [2.45, 2.75) is 6.42 Å². The second-order valence-electron chi connectivity index (χ2n) is 4.56. The first-order chi connectivity index (χ1) is 10.7.